The lowest BCUT2D eigenvalue weighted by Crippen LogP contribution is -1.74. The van der Waals surface area contributed by atoms with Gasteiger partial charge in [-0.3, -0.25) is 0 Å². The summed E-state index contributed by atoms with van der Waals surface area (Å²) in [5.41, 5.74) is 0. The first-order chi connectivity index (χ1) is 6.76. The van der Waals surface area contributed by atoms with Gasteiger partial charge < -0.3 is 10.2 Å². The minimum absolute atomic E-state index is 0.0974. The van der Waals surface area contributed by atoms with Crippen LogP contribution in [-0.4, -0.2) is 16.5 Å². The molecule has 0 fully saturated rings. The summed E-state index contributed by atoms with van der Waals surface area (Å²) in [5, 5.41) is 19.5. The molecule has 1 aromatic carbocycles. The van der Waals surface area contributed by atoms with Crippen molar-refractivity contribution >= 4 is 33.2 Å². The maximum Gasteiger partial charge on any atom is 0.139 e. The number of aromatic hydroxyl groups is 1. The molecular formula is C10H10O2S2. The Balaban J connectivity index is 2.66. The molecule has 1 heterocycles. The van der Waals surface area contributed by atoms with Crippen LogP contribution in [0.2, 0.25) is 0 Å². The maximum atomic E-state index is 9.70. The van der Waals surface area contributed by atoms with Gasteiger partial charge in [0, 0.05) is 15.0 Å². The number of rotatable bonds is 2. The number of hydrogen-bond acceptors (Lipinski definition) is 4. The molecule has 0 bridgehead atoms. The summed E-state index contributed by atoms with van der Waals surface area (Å²) in [6.45, 7) is -0.0974. The molecule has 2 aromatic rings. The van der Waals surface area contributed by atoms with Gasteiger partial charge in [0.2, 0.25) is 0 Å². The van der Waals surface area contributed by atoms with Crippen LogP contribution < -0.4 is 0 Å². The Bertz CT molecular complexity index is 462. The largest absolute Gasteiger partial charge is 0.506 e. The van der Waals surface area contributed by atoms with Crippen LogP contribution in [0, 0.1) is 0 Å². The van der Waals surface area contributed by atoms with Crippen molar-refractivity contribution in [2.45, 2.75) is 11.5 Å². The van der Waals surface area contributed by atoms with Crippen molar-refractivity contribution in [2.75, 3.05) is 6.26 Å². The van der Waals surface area contributed by atoms with Crippen LogP contribution in [0.5, 0.6) is 5.75 Å². The fourth-order valence-corrected chi connectivity index (χ4v) is 2.86. The van der Waals surface area contributed by atoms with Gasteiger partial charge in [-0.25, -0.2) is 0 Å². The Morgan fingerprint density at radius 2 is 2.21 bits per heavy atom. The average molecular weight is 226 g/mol. The van der Waals surface area contributed by atoms with Crippen molar-refractivity contribution in [1.29, 1.82) is 0 Å². The van der Waals surface area contributed by atoms with Gasteiger partial charge in [-0.05, 0) is 24.5 Å². The van der Waals surface area contributed by atoms with E-state index in [4.69, 9.17) is 5.11 Å². The van der Waals surface area contributed by atoms with E-state index in [1.165, 1.54) is 16.2 Å². The van der Waals surface area contributed by atoms with Gasteiger partial charge in [0.25, 0.3) is 0 Å². The second kappa shape index (κ2) is 3.81. The van der Waals surface area contributed by atoms with Crippen molar-refractivity contribution in [3.63, 3.8) is 0 Å². The highest BCUT2D eigenvalue weighted by Gasteiger charge is 2.09. The minimum atomic E-state index is -0.0974. The molecule has 0 atom stereocenters. The molecule has 0 radical (unpaired) electrons. The number of hydrogen-bond donors (Lipinski definition) is 2. The third-order valence-electron chi connectivity index (χ3n) is 2.08. The maximum absolute atomic E-state index is 9.70. The standard InChI is InChI=1S/C10H10O2S2/c1-13-6-2-3-7-8(4-6)14-9(5-11)10(7)12/h2-4,11-12H,5H2,1H3. The predicted molar refractivity (Wildman–Crippen MR) is 61.2 cm³/mol. The molecule has 74 valence electrons. The van der Waals surface area contributed by atoms with Crippen molar-refractivity contribution in [2.24, 2.45) is 0 Å². The molecule has 14 heavy (non-hydrogen) atoms. The predicted octanol–water partition coefficient (Wildman–Crippen LogP) is 2.82. The molecule has 1 aromatic heterocycles. The number of aliphatic hydroxyl groups excluding tert-OH is 1. The molecule has 2 N–H and O–H groups in total. The summed E-state index contributed by atoms with van der Waals surface area (Å²) < 4.78 is 1.03. The summed E-state index contributed by atoms with van der Waals surface area (Å²) in [6.07, 6.45) is 2.02. The smallest absolute Gasteiger partial charge is 0.139 e. The van der Waals surface area contributed by atoms with E-state index in [1.807, 2.05) is 24.5 Å². The quantitative estimate of drug-likeness (QED) is 0.774. The monoisotopic (exact) mass is 226 g/mol. The first-order valence-corrected chi connectivity index (χ1v) is 6.19. The van der Waals surface area contributed by atoms with E-state index in [0.29, 0.717) is 4.88 Å². The first kappa shape index (κ1) is 9.83. The van der Waals surface area contributed by atoms with Gasteiger partial charge in [0.15, 0.2) is 0 Å². The summed E-state index contributed by atoms with van der Waals surface area (Å²) in [5.74, 6) is 0.222. The third kappa shape index (κ3) is 1.49. The van der Waals surface area contributed by atoms with Crippen LogP contribution >= 0.6 is 23.1 Å². The number of aliphatic hydroxyl groups is 1. The Kier molecular flexibility index (Phi) is 2.67. The van der Waals surface area contributed by atoms with E-state index in [9.17, 15) is 5.11 Å². The SMILES string of the molecule is CSc1ccc2c(O)c(CO)sc2c1. The number of fused-ring (bicyclic) bond motifs is 1. The lowest BCUT2D eigenvalue weighted by molar-refractivity contribution is 0.280. The van der Waals surface area contributed by atoms with E-state index in [0.717, 1.165) is 10.1 Å². The molecule has 2 nitrogen and oxygen atoms in total. The van der Waals surface area contributed by atoms with Crippen LogP contribution in [-0.2, 0) is 6.61 Å². The molecule has 0 unspecified atom stereocenters. The Hall–Kier alpha value is -0.710. The van der Waals surface area contributed by atoms with E-state index < -0.39 is 0 Å². The summed E-state index contributed by atoms with van der Waals surface area (Å²) in [7, 11) is 0. The van der Waals surface area contributed by atoms with E-state index in [2.05, 4.69) is 0 Å². The highest BCUT2D eigenvalue weighted by Crippen LogP contribution is 2.38. The number of thioether (sulfide) groups is 1. The van der Waals surface area contributed by atoms with Crippen molar-refractivity contribution < 1.29 is 10.2 Å². The normalized spacial score (nSPS) is 11.0. The van der Waals surface area contributed by atoms with Gasteiger partial charge in [0.1, 0.15) is 5.75 Å². The molecule has 0 spiro atoms. The van der Waals surface area contributed by atoms with Gasteiger partial charge in [-0.15, -0.1) is 23.1 Å². The number of thiophene rings is 1. The van der Waals surface area contributed by atoms with E-state index in [1.54, 1.807) is 11.8 Å². The van der Waals surface area contributed by atoms with Gasteiger partial charge in [0.05, 0.1) is 11.5 Å². The van der Waals surface area contributed by atoms with Crippen molar-refractivity contribution in [3.8, 4) is 5.75 Å². The Labute approximate surface area is 90.2 Å². The second-order valence-electron chi connectivity index (χ2n) is 2.89. The minimum Gasteiger partial charge on any atom is -0.506 e. The van der Waals surface area contributed by atoms with Crippen LogP contribution in [0.15, 0.2) is 23.1 Å². The summed E-state index contributed by atoms with van der Waals surface area (Å²) >= 11 is 3.11. The lowest BCUT2D eigenvalue weighted by Gasteiger charge is -1.95. The first-order valence-electron chi connectivity index (χ1n) is 4.15. The number of benzene rings is 1. The Morgan fingerprint density at radius 1 is 1.43 bits per heavy atom. The second-order valence-corrected chi connectivity index (χ2v) is 4.91. The highest BCUT2D eigenvalue weighted by molar-refractivity contribution is 7.98. The molecule has 0 saturated carbocycles. The fourth-order valence-electron chi connectivity index (χ4n) is 1.35. The van der Waals surface area contributed by atoms with Crippen molar-refractivity contribution in [1.82, 2.24) is 0 Å². The van der Waals surface area contributed by atoms with E-state index in [-0.39, 0.29) is 12.4 Å². The zero-order valence-corrected chi connectivity index (χ0v) is 9.28. The van der Waals surface area contributed by atoms with Crippen molar-refractivity contribution in [3.05, 3.63) is 23.1 Å². The van der Waals surface area contributed by atoms with Gasteiger partial charge >= 0.3 is 0 Å². The molecule has 0 amide bonds. The average Bonchev–Trinajstić information content (AvgIpc) is 2.55. The molecular weight excluding hydrogens is 216 g/mol. The van der Waals surface area contributed by atoms with Gasteiger partial charge in [-0.2, -0.15) is 0 Å². The fraction of sp³-hybridized carbons (Fsp3) is 0.200. The lowest BCUT2D eigenvalue weighted by atomic mass is 10.2. The molecule has 0 saturated heterocycles. The topological polar surface area (TPSA) is 40.5 Å². The summed E-state index contributed by atoms with van der Waals surface area (Å²) in [4.78, 5) is 1.81. The molecule has 2 rings (SSSR count). The van der Waals surface area contributed by atoms with Crippen LogP contribution in [0.4, 0.5) is 0 Å². The van der Waals surface area contributed by atoms with Crippen LogP contribution in [0.1, 0.15) is 4.88 Å². The summed E-state index contributed by atoms with van der Waals surface area (Å²) in [6, 6.07) is 5.90. The van der Waals surface area contributed by atoms with Crippen LogP contribution in [0.25, 0.3) is 10.1 Å². The van der Waals surface area contributed by atoms with Gasteiger partial charge in [-0.1, -0.05) is 0 Å². The zero-order valence-electron chi connectivity index (χ0n) is 7.65. The molecule has 0 aliphatic heterocycles. The highest BCUT2D eigenvalue weighted by atomic mass is 32.2. The van der Waals surface area contributed by atoms with Crippen LogP contribution in [0.3, 0.4) is 0 Å². The van der Waals surface area contributed by atoms with E-state index >= 15 is 0 Å². The molecule has 0 aliphatic carbocycles. The zero-order chi connectivity index (χ0) is 10.1. The molecule has 0 aliphatic rings. The Morgan fingerprint density at radius 3 is 2.86 bits per heavy atom. The third-order valence-corrected chi connectivity index (χ3v) is 3.94. The molecule has 4 heteroatoms.